The Balaban J connectivity index is 2.47. The van der Waals surface area contributed by atoms with E-state index in [2.05, 4.69) is 36.1 Å². The third-order valence-electron chi connectivity index (χ3n) is 2.64. The van der Waals surface area contributed by atoms with Crippen LogP contribution in [0.2, 0.25) is 0 Å². The van der Waals surface area contributed by atoms with Crippen molar-refractivity contribution < 1.29 is 5.11 Å². The van der Waals surface area contributed by atoms with Crippen molar-refractivity contribution in [3.63, 3.8) is 0 Å². The molecule has 0 amide bonds. The Hall–Kier alpha value is -0.860. The van der Waals surface area contributed by atoms with Crippen LogP contribution in [-0.2, 0) is 6.54 Å². The van der Waals surface area contributed by atoms with Crippen molar-refractivity contribution in [3.05, 3.63) is 35.9 Å². The minimum absolute atomic E-state index is 0.200. The summed E-state index contributed by atoms with van der Waals surface area (Å²) in [5.41, 5.74) is 1.31. The summed E-state index contributed by atoms with van der Waals surface area (Å²) in [6.07, 6.45) is 0.624. The fraction of sp³-hybridized carbons (Fsp3) is 0.538. The van der Waals surface area contributed by atoms with Gasteiger partial charge in [0.05, 0.1) is 6.10 Å². The van der Waals surface area contributed by atoms with Gasteiger partial charge in [0.2, 0.25) is 0 Å². The third kappa shape index (κ3) is 4.45. The average molecular weight is 207 g/mol. The summed E-state index contributed by atoms with van der Waals surface area (Å²) >= 11 is 0. The number of benzene rings is 1. The number of aliphatic hydroxyl groups excluding tert-OH is 1. The number of rotatable bonds is 6. The lowest BCUT2D eigenvalue weighted by Crippen LogP contribution is -2.31. The van der Waals surface area contributed by atoms with Crippen molar-refractivity contribution in [1.82, 2.24) is 4.90 Å². The van der Waals surface area contributed by atoms with Gasteiger partial charge in [-0.15, -0.1) is 0 Å². The van der Waals surface area contributed by atoms with E-state index in [4.69, 9.17) is 0 Å². The monoisotopic (exact) mass is 207 g/mol. The maximum absolute atomic E-state index is 9.60. The van der Waals surface area contributed by atoms with E-state index >= 15 is 0 Å². The van der Waals surface area contributed by atoms with Crippen molar-refractivity contribution in [2.45, 2.75) is 32.9 Å². The predicted molar refractivity (Wildman–Crippen MR) is 63.7 cm³/mol. The maximum atomic E-state index is 9.60. The molecular weight excluding hydrogens is 186 g/mol. The molecule has 2 heteroatoms. The molecule has 0 spiro atoms. The molecule has 0 saturated carbocycles. The summed E-state index contributed by atoms with van der Waals surface area (Å²) in [4.78, 5) is 2.27. The maximum Gasteiger partial charge on any atom is 0.0664 e. The van der Waals surface area contributed by atoms with E-state index in [1.165, 1.54) is 5.56 Å². The number of aliphatic hydroxyl groups is 1. The van der Waals surface area contributed by atoms with Gasteiger partial charge < -0.3 is 5.11 Å². The molecule has 15 heavy (non-hydrogen) atoms. The Bertz CT molecular complexity index is 260. The molecule has 1 unspecified atom stereocenters. The molecule has 0 aliphatic rings. The SMILES string of the molecule is CCC(O)CN(CC)Cc1ccccc1. The van der Waals surface area contributed by atoms with Crippen LogP contribution in [0.3, 0.4) is 0 Å². The molecule has 0 bridgehead atoms. The minimum Gasteiger partial charge on any atom is -0.392 e. The topological polar surface area (TPSA) is 23.5 Å². The molecular formula is C13H21NO. The van der Waals surface area contributed by atoms with Gasteiger partial charge in [-0.3, -0.25) is 4.90 Å². The summed E-state index contributed by atoms with van der Waals surface area (Å²) in [5.74, 6) is 0. The van der Waals surface area contributed by atoms with Crippen LogP contribution in [0, 0.1) is 0 Å². The third-order valence-corrected chi connectivity index (χ3v) is 2.64. The summed E-state index contributed by atoms with van der Waals surface area (Å²) in [6.45, 7) is 6.81. The first-order valence-electron chi connectivity index (χ1n) is 5.70. The number of likely N-dealkylation sites (N-methyl/N-ethyl adjacent to an activating group) is 1. The lowest BCUT2D eigenvalue weighted by atomic mass is 10.2. The van der Waals surface area contributed by atoms with Gasteiger partial charge >= 0.3 is 0 Å². The molecule has 0 saturated heterocycles. The standard InChI is InChI=1S/C13H21NO/c1-3-13(15)11-14(4-2)10-12-8-6-5-7-9-12/h5-9,13,15H,3-4,10-11H2,1-2H3. The first kappa shape index (κ1) is 12.2. The number of hydrogen-bond donors (Lipinski definition) is 1. The Morgan fingerprint density at radius 2 is 1.87 bits per heavy atom. The molecule has 1 atom stereocenters. The first-order chi connectivity index (χ1) is 7.26. The van der Waals surface area contributed by atoms with Crippen molar-refractivity contribution >= 4 is 0 Å². The number of nitrogens with zero attached hydrogens (tertiary/aromatic N) is 1. The smallest absolute Gasteiger partial charge is 0.0664 e. The molecule has 0 heterocycles. The summed E-state index contributed by atoms with van der Waals surface area (Å²) in [6, 6.07) is 10.4. The van der Waals surface area contributed by atoms with E-state index in [-0.39, 0.29) is 6.10 Å². The zero-order valence-electron chi connectivity index (χ0n) is 9.69. The van der Waals surface area contributed by atoms with E-state index in [1.54, 1.807) is 0 Å². The Morgan fingerprint density at radius 3 is 2.40 bits per heavy atom. The van der Waals surface area contributed by atoms with E-state index in [9.17, 15) is 5.11 Å². The van der Waals surface area contributed by atoms with Crippen LogP contribution in [-0.4, -0.2) is 29.2 Å². The molecule has 0 fully saturated rings. The molecule has 1 N–H and O–H groups in total. The van der Waals surface area contributed by atoms with Gasteiger partial charge in [0.15, 0.2) is 0 Å². The Kier molecular flexibility index (Phi) is 5.37. The average Bonchev–Trinajstić information content (AvgIpc) is 2.29. The van der Waals surface area contributed by atoms with Crippen LogP contribution < -0.4 is 0 Å². The van der Waals surface area contributed by atoms with Crippen LogP contribution >= 0.6 is 0 Å². The van der Waals surface area contributed by atoms with Crippen LogP contribution in [0.15, 0.2) is 30.3 Å². The van der Waals surface area contributed by atoms with E-state index < -0.39 is 0 Å². The highest BCUT2D eigenvalue weighted by Crippen LogP contribution is 2.05. The molecule has 84 valence electrons. The van der Waals surface area contributed by atoms with Gasteiger partial charge in [-0.1, -0.05) is 44.2 Å². The van der Waals surface area contributed by atoms with Crippen LogP contribution in [0.5, 0.6) is 0 Å². The van der Waals surface area contributed by atoms with Gasteiger partial charge in [0.1, 0.15) is 0 Å². The summed E-state index contributed by atoms with van der Waals surface area (Å²) in [7, 11) is 0. The van der Waals surface area contributed by atoms with Gasteiger partial charge in [0, 0.05) is 13.1 Å². The lowest BCUT2D eigenvalue weighted by Gasteiger charge is -2.22. The molecule has 1 aromatic rings. The summed E-state index contributed by atoms with van der Waals surface area (Å²) < 4.78 is 0. The fourth-order valence-corrected chi connectivity index (χ4v) is 1.57. The second-order valence-electron chi connectivity index (χ2n) is 3.88. The number of hydrogen-bond acceptors (Lipinski definition) is 2. The minimum atomic E-state index is -0.200. The molecule has 0 aliphatic carbocycles. The highest BCUT2D eigenvalue weighted by atomic mass is 16.3. The van der Waals surface area contributed by atoms with Crippen LogP contribution in [0.1, 0.15) is 25.8 Å². The second-order valence-corrected chi connectivity index (χ2v) is 3.88. The quantitative estimate of drug-likeness (QED) is 0.773. The van der Waals surface area contributed by atoms with Crippen molar-refractivity contribution in [2.24, 2.45) is 0 Å². The van der Waals surface area contributed by atoms with E-state index in [0.29, 0.717) is 0 Å². The van der Waals surface area contributed by atoms with Crippen molar-refractivity contribution in [2.75, 3.05) is 13.1 Å². The first-order valence-corrected chi connectivity index (χ1v) is 5.70. The molecule has 1 rings (SSSR count). The highest BCUT2D eigenvalue weighted by molar-refractivity contribution is 5.14. The zero-order valence-corrected chi connectivity index (χ0v) is 9.69. The van der Waals surface area contributed by atoms with Gasteiger partial charge in [-0.25, -0.2) is 0 Å². The van der Waals surface area contributed by atoms with Gasteiger partial charge in [-0.05, 0) is 18.5 Å². The van der Waals surface area contributed by atoms with E-state index in [1.807, 2.05) is 13.0 Å². The molecule has 0 aliphatic heterocycles. The molecule has 0 aromatic heterocycles. The van der Waals surface area contributed by atoms with Crippen LogP contribution in [0.25, 0.3) is 0 Å². The Labute approximate surface area is 92.5 Å². The highest BCUT2D eigenvalue weighted by Gasteiger charge is 2.08. The van der Waals surface area contributed by atoms with Crippen molar-refractivity contribution in [3.8, 4) is 0 Å². The lowest BCUT2D eigenvalue weighted by molar-refractivity contribution is 0.108. The second kappa shape index (κ2) is 6.59. The molecule has 2 nitrogen and oxygen atoms in total. The molecule has 0 radical (unpaired) electrons. The zero-order chi connectivity index (χ0) is 11.1. The van der Waals surface area contributed by atoms with Gasteiger partial charge in [0.25, 0.3) is 0 Å². The van der Waals surface area contributed by atoms with Crippen LogP contribution in [0.4, 0.5) is 0 Å². The van der Waals surface area contributed by atoms with Gasteiger partial charge in [-0.2, -0.15) is 0 Å². The largest absolute Gasteiger partial charge is 0.392 e. The van der Waals surface area contributed by atoms with Crippen molar-refractivity contribution in [1.29, 1.82) is 0 Å². The Morgan fingerprint density at radius 1 is 1.20 bits per heavy atom. The predicted octanol–water partition coefficient (Wildman–Crippen LogP) is 2.28. The fourth-order valence-electron chi connectivity index (χ4n) is 1.57. The van der Waals surface area contributed by atoms with E-state index in [0.717, 1.165) is 26.1 Å². The normalized spacial score (nSPS) is 13.1. The summed E-state index contributed by atoms with van der Waals surface area (Å²) in [5, 5.41) is 9.60. The molecule has 1 aromatic carbocycles.